The number of anilines is 3. The fraction of sp³-hybridized carbons (Fsp3) is 0.0667. The average molecular weight is 284 g/mol. The fourth-order valence-electron chi connectivity index (χ4n) is 1.91. The monoisotopic (exact) mass is 284 g/mol. The summed E-state index contributed by atoms with van der Waals surface area (Å²) in [5.74, 6) is -0.240. The minimum atomic E-state index is -0.654. The maximum atomic E-state index is 12.3. The molecule has 0 aliphatic heterocycles. The molecule has 0 saturated heterocycles. The van der Waals surface area contributed by atoms with Crippen LogP contribution in [-0.2, 0) is 0 Å². The third-order valence-electron chi connectivity index (χ3n) is 2.83. The normalized spacial score (nSPS) is 9.76. The van der Waals surface area contributed by atoms with E-state index in [1.807, 2.05) is 12.1 Å². The number of nitrogens with two attached hydrogens (primary N) is 1. The van der Waals surface area contributed by atoms with E-state index in [4.69, 9.17) is 5.73 Å². The number of para-hydroxylation sites is 1. The van der Waals surface area contributed by atoms with E-state index in [2.05, 4.69) is 16.0 Å². The van der Waals surface area contributed by atoms with Crippen LogP contribution in [0.5, 0.6) is 0 Å². The van der Waals surface area contributed by atoms with Gasteiger partial charge in [0.05, 0.1) is 5.56 Å². The highest BCUT2D eigenvalue weighted by atomic mass is 16.2. The van der Waals surface area contributed by atoms with Gasteiger partial charge in [-0.3, -0.25) is 4.79 Å². The van der Waals surface area contributed by atoms with E-state index in [1.54, 1.807) is 43.4 Å². The van der Waals surface area contributed by atoms with Crippen molar-refractivity contribution in [1.29, 1.82) is 0 Å². The standard InChI is InChI=1S/C15H16N4O2/c1-17-13-8-3-2-7-12(13)14(20)18-10-5-4-6-11(9-10)19-15(16)21/h2-9,17H,1H3,(H,18,20)(H3,16,19,21). The molecule has 0 heterocycles. The molecule has 108 valence electrons. The van der Waals surface area contributed by atoms with Crippen LogP contribution in [-0.4, -0.2) is 19.0 Å². The smallest absolute Gasteiger partial charge is 0.316 e. The SMILES string of the molecule is CNc1ccccc1C(=O)Nc1cccc(NC(N)=O)c1. The maximum Gasteiger partial charge on any atom is 0.316 e. The number of carbonyl (C=O) groups excluding carboxylic acids is 2. The van der Waals surface area contributed by atoms with Gasteiger partial charge in [-0.15, -0.1) is 0 Å². The molecule has 0 bridgehead atoms. The number of urea groups is 1. The Morgan fingerprint density at radius 2 is 1.62 bits per heavy atom. The molecule has 0 unspecified atom stereocenters. The minimum Gasteiger partial charge on any atom is -0.387 e. The van der Waals surface area contributed by atoms with Gasteiger partial charge in [0, 0.05) is 24.1 Å². The number of hydrogen-bond acceptors (Lipinski definition) is 3. The van der Waals surface area contributed by atoms with Crippen LogP contribution in [0.25, 0.3) is 0 Å². The van der Waals surface area contributed by atoms with Gasteiger partial charge in [-0.05, 0) is 30.3 Å². The van der Waals surface area contributed by atoms with Crippen LogP contribution < -0.4 is 21.7 Å². The van der Waals surface area contributed by atoms with E-state index >= 15 is 0 Å². The molecule has 0 radical (unpaired) electrons. The van der Waals surface area contributed by atoms with Crippen LogP contribution >= 0.6 is 0 Å². The van der Waals surface area contributed by atoms with Crippen LogP contribution in [0.4, 0.5) is 21.9 Å². The molecule has 0 fully saturated rings. The number of hydrogen-bond donors (Lipinski definition) is 4. The first kappa shape index (κ1) is 14.4. The summed E-state index contributed by atoms with van der Waals surface area (Å²) in [5, 5.41) is 8.20. The van der Waals surface area contributed by atoms with E-state index < -0.39 is 6.03 Å². The Kier molecular flexibility index (Phi) is 4.40. The van der Waals surface area contributed by atoms with Crippen molar-refractivity contribution < 1.29 is 9.59 Å². The van der Waals surface area contributed by atoms with Crippen molar-refractivity contribution in [2.45, 2.75) is 0 Å². The molecule has 6 heteroatoms. The highest BCUT2D eigenvalue weighted by Gasteiger charge is 2.10. The van der Waals surface area contributed by atoms with Crippen LogP contribution in [0.1, 0.15) is 10.4 Å². The number of rotatable bonds is 4. The van der Waals surface area contributed by atoms with Crippen molar-refractivity contribution in [3.05, 3.63) is 54.1 Å². The summed E-state index contributed by atoms with van der Waals surface area (Å²) in [4.78, 5) is 23.1. The van der Waals surface area contributed by atoms with E-state index in [0.29, 0.717) is 16.9 Å². The Hall–Kier alpha value is -3.02. The lowest BCUT2D eigenvalue weighted by atomic mass is 10.1. The zero-order valence-electron chi connectivity index (χ0n) is 11.5. The summed E-state index contributed by atoms with van der Waals surface area (Å²) in [6.45, 7) is 0. The van der Waals surface area contributed by atoms with Crippen molar-refractivity contribution in [3.63, 3.8) is 0 Å². The molecule has 0 atom stereocenters. The lowest BCUT2D eigenvalue weighted by Gasteiger charge is -2.10. The average Bonchev–Trinajstić information content (AvgIpc) is 2.46. The van der Waals surface area contributed by atoms with Crippen molar-refractivity contribution >= 4 is 29.0 Å². The highest BCUT2D eigenvalue weighted by molar-refractivity contribution is 6.08. The summed E-state index contributed by atoms with van der Waals surface area (Å²) >= 11 is 0. The van der Waals surface area contributed by atoms with Crippen molar-refractivity contribution in [1.82, 2.24) is 0 Å². The largest absolute Gasteiger partial charge is 0.387 e. The third-order valence-corrected chi connectivity index (χ3v) is 2.83. The molecule has 0 saturated carbocycles. The molecule has 0 aliphatic rings. The second-order valence-electron chi connectivity index (χ2n) is 4.32. The Bertz CT molecular complexity index is 670. The van der Waals surface area contributed by atoms with Gasteiger partial charge in [-0.1, -0.05) is 18.2 Å². The highest BCUT2D eigenvalue weighted by Crippen LogP contribution is 2.19. The molecule has 3 amide bonds. The molecule has 5 N–H and O–H groups in total. The predicted molar refractivity (Wildman–Crippen MR) is 83.6 cm³/mol. The van der Waals surface area contributed by atoms with E-state index in [9.17, 15) is 9.59 Å². The number of carbonyl (C=O) groups is 2. The van der Waals surface area contributed by atoms with Crippen molar-refractivity contribution in [2.24, 2.45) is 5.73 Å². The first-order valence-electron chi connectivity index (χ1n) is 6.35. The van der Waals surface area contributed by atoms with Crippen LogP contribution in [0.15, 0.2) is 48.5 Å². The lowest BCUT2D eigenvalue weighted by molar-refractivity contribution is 0.102. The number of benzene rings is 2. The summed E-state index contributed by atoms with van der Waals surface area (Å²) in [7, 11) is 1.75. The van der Waals surface area contributed by atoms with Crippen molar-refractivity contribution in [3.8, 4) is 0 Å². The number of amides is 3. The van der Waals surface area contributed by atoms with Gasteiger partial charge in [0.2, 0.25) is 0 Å². The summed E-state index contributed by atoms with van der Waals surface area (Å²) in [5.41, 5.74) is 7.41. The molecule has 0 aliphatic carbocycles. The molecule has 2 rings (SSSR count). The van der Waals surface area contributed by atoms with E-state index in [-0.39, 0.29) is 5.91 Å². The molecule has 2 aromatic rings. The molecule has 21 heavy (non-hydrogen) atoms. The topological polar surface area (TPSA) is 96.2 Å². The van der Waals surface area contributed by atoms with Crippen LogP contribution in [0.2, 0.25) is 0 Å². The Balaban J connectivity index is 2.17. The Morgan fingerprint density at radius 1 is 0.952 bits per heavy atom. The van der Waals surface area contributed by atoms with Gasteiger partial charge in [-0.2, -0.15) is 0 Å². The molecule has 2 aromatic carbocycles. The molecular weight excluding hydrogens is 268 g/mol. The van der Waals surface area contributed by atoms with Gasteiger partial charge >= 0.3 is 6.03 Å². The quantitative estimate of drug-likeness (QED) is 0.694. The van der Waals surface area contributed by atoms with E-state index in [0.717, 1.165) is 5.69 Å². The minimum absolute atomic E-state index is 0.240. The van der Waals surface area contributed by atoms with Gasteiger partial charge < -0.3 is 21.7 Å². The number of primary amides is 1. The van der Waals surface area contributed by atoms with Gasteiger partial charge in [-0.25, -0.2) is 4.79 Å². The first-order chi connectivity index (χ1) is 10.1. The van der Waals surface area contributed by atoms with Crippen molar-refractivity contribution in [2.75, 3.05) is 23.0 Å². The summed E-state index contributed by atoms with van der Waals surface area (Å²) in [6.07, 6.45) is 0. The lowest BCUT2D eigenvalue weighted by Crippen LogP contribution is -2.19. The second-order valence-corrected chi connectivity index (χ2v) is 4.32. The Morgan fingerprint density at radius 3 is 2.29 bits per heavy atom. The van der Waals surface area contributed by atoms with Gasteiger partial charge in [0.1, 0.15) is 0 Å². The number of nitrogens with one attached hydrogen (secondary N) is 3. The van der Waals surface area contributed by atoms with Crippen LogP contribution in [0, 0.1) is 0 Å². The van der Waals surface area contributed by atoms with Gasteiger partial charge in [0.25, 0.3) is 5.91 Å². The van der Waals surface area contributed by atoms with Crippen LogP contribution in [0.3, 0.4) is 0 Å². The molecular formula is C15H16N4O2. The predicted octanol–water partition coefficient (Wildman–Crippen LogP) is 2.47. The zero-order valence-corrected chi connectivity index (χ0v) is 11.5. The summed E-state index contributed by atoms with van der Waals surface area (Å²) in [6, 6.07) is 13.3. The zero-order chi connectivity index (χ0) is 15.2. The molecule has 0 spiro atoms. The second kappa shape index (κ2) is 6.42. The first-order valence-corrected chi connectivity index (χ1v) is 6.35. The van der Waals surface area contributed by atoms with E-state index in [1.165, 1.54) is 0 Å². The molecule has 6 nitrogen and oxygen atoms in total. The fourth-order valence-corrected chi connectivity index (χ4v) is 1.91. The summed E-state index contributed by atoms with van der Waals surface area (Å²) < 4.78 is 0. The Labute approximate surface area is 122 Å². The maximum absolute atomic E-state index is 12.3. The van der Waals surface area contributed by atoms with Gasteiger partial charge in [0.15, 0.2) is 0 Å². The molecule has 0 aromatic heterocycles. The third kappa shape index (κ3) is 3.73.